The summed E-state index contributed by atoms with van der Waals surface area (Å²) in [5.41, 5.74) is 0. The Hall–Kier alpha value is -0.200. The van der Waals surface area contributed by atoms with Crippen LogP contribution in [-0.2, 0) is 14.2 Å². The van der Waals surface area contributed by atoms with Gasteiger partial charge in [-0.15, -0.1) is 0 Å². The summed E-state index contributed by atoms with van der Waals surface area (Å²) in [7, 11) is 1.48. The fourth-order valence-corrected chi connectivity index (χ4v) is 1.72. The third-order valence-electron chi connectivity index (χ3n) is 2.34. The van der Waals surface area contributed by atoms with E-state index in [1.54, 1.807) is 0 Å². The van der Waals surface area contributed by atoms with Crippen molar-refractivity contribution in [1.29, 1.82) is 0 Å². The molecule has 2 saturated heterocycles. The van der Waals surface area contributed by atoms with Gasteiger partial charge in [0.25, 0.3) is 0 Å². The first-order chi connectivity index (χ1) is 5.74. The van der Waals surface area contributed by atoms with Gasteiger partial charge in [-0.05, 0) is 0 Å². The first-order valence-corrected chi connectivity index (χ1v) is 3.90. The molecule has 0 saturated carbocycles. The molecule has 1 unspecified atom stereocenters. The van der Waals surface area contributed by atoms with Gasteiger partial charge in [-0.3, -0.25) is 0 Å². The highest BCUT2D eigenvalue weighted by atomic mass is 16.7. The molecule has 5 atom stereocenters. The minimum atomic E-state index is -0.986. The summed E-state index contributed by atoms with van der Waals surface area (Å²) in [6.45, 7) is 0.252. The summed E-state index contributed by atoms with van der Waals surface area (Å²) < 4.78 is 15.2. The quantitative estimate of drug-likeness (QED) is 0.507. The highest BCUT2D eigenvalue weighted by Crippen LogP contribution is 2.31. The van der Waals surface area contributed by atoms with E-state index in [4.69, 9.17) is 14.2 Å². The number of ether oxygens (including phenoxy) is 3. The summed E-state index contributed by atoms with van der Waals surface area (Å²) in [5.74, 6) is 0. The number of fused-ring (bicyclic) bond motifs is 1. The van der Waals surface area contributed by atoms with Crippen LogP contribution < -0.4 is 0 Å². The van der Waals surface area contributed by atoms with E-state index >= 15 is 0 Å². The van der Waals surface area contributed by atoms with Crippen LogP contribution in [-0.4, -0.2) is 54.6 Å². The molecule has 0 aromatic carbocycles. The van der Waals surface area contributed by atoms with Gasteiger partial charge < -0.3 is 24.4 Å². The fraction of sp³-hybridized carbons (Fsp3) is 1.00. The molecule has 70 valence electrons. The molecule has 0 amide bonds. The monoisotopic (exact) mass is 176 g/mol. The third-order valence-corrected chi connectivity index (χ3v) is 2.34. The van der Waals surface area contributed by atoms with Gasteiger partial charge >= 0.3 is 0 Å². The zero-order valence-electron chi connectivity index (χ0n) is 6.71. The maximum Gasteiger partial charge on any atom is 0.184 e. The van der Waals surface area contributed by atoms with Crippen molar-refractivity contribution >= 4 is 0 Å². The highest BCUT2D eigenvalue weighted by Gasteiger charge is 2.52. The van der Waals surface area contributed by atoms with Crippen molar-refractivity contribution in [3.8, 4) is 0 Å². The van der Waals surface area contributed by atoms with Gasteiger partial charge in [-0.25, -0.2) is 0 Å². The first kappa shape index (κ1) is 8.40. The van der Waals surface area contributed by atoms with Crippen LogP contribution in [0.4, 0.5) is 0 Å². The SMILES string of the molecule is CO[C@H]1C(O)O[C@H]2[C@@H]1OC[C@H]2O. The lowest BCUT2D eigenvalue weighted by molar-refractivity contribution is -0.156. The van der Waals surface area contributed by atoms with Crippen molar-refractivity contribution in [2.75, 3.05) is 13.7 Å². The van der Waals surface area contributed by atoms with Gasteiger partial charge in [0.15, 0.2) is 6.29 Å². The Bertz CT molecular complexity index is 171. The normalized spacial score (nSPS) is 52.8. The van der Waals surface area contributed by atoms with Crippen LogP contribution in [0.1, 0.15) is 0 Å². The highest BCUT2D eigenvalue weighted by molar-refractivity contribution is 4.96. The van der Waals surface area contributed by atoms with Crippen molar-refractivity contribution in [2.24, 2.45) is 0 Å². The second kappa shape index (κ2) is 2.93. The Kier molecular flexibility index (Phi) is 2.05. The van der Waals surface area contributed by atoms with Crippen LogP contribution in [0.25, 0.3) is 0 Å². The number of hydrogen-bond acceptors (Lipinski definition) is 5. The van der Waals surface area contributed by atoms with Crippen LogP contribution in [0.15, 0.2) is 0 Å². The molecular weight excluding hydrogens is 164 g/mol. The Labute approximate surface area is 69.8 Å². The first-order valence-electron chi connectivity index (χ1n) is 3.90. The molecule has 0 radical (unpaired) electrons. The van der Waals surface area contributed by atoms with E-state index in [1.807, 2.05) is 0 Å². The fourth-order valence-electron chi connectivity index (χ4n) is 1.72. The number of aliphatic hydroxyl groups is 2. The van der Waals surface area contributed by atoms with Gasteiger partial charge in [0, 0.05) is 7.11 Å². The molecule has 0 aromatic heterocycles. The molecule has 2 heterocycles. The van der Waals surface area contributed by atoms with E-state index in [0.717, 1.165) is 0 Å². The van der Waals surface area contributed by atoms with Gasteiger partial charge in [0.1, 0.15) is 24.4 Å². The summed E-state index contributed by atoms with van der Waals surface area (Å²) in [6.07, 6.45) is -2.89. The van der Waals surface area contributed by atoms with Crippen molar-refractivity contribution in [1.82, 2.24) is 0 Å². The van der Waals surface area contributed by atoms with Gasteiger partial charge in [0.2, 0.25) is 0 Å². The van der Waals surface area contributed by atoms with Crippen LogP contribution in [0.2, 0.25) is 0 Å². The molecular formula is C7H12O5. The second-order valence-corrected chi connectivity index (χ2v) is 3.06. The van der Waals surface area contributed by atoms with E-state index in [1.165, 1.54) is 7.11 Å². The number of hydrogen-bond donors (Lipinski definition) is 2. The lowest BCUT2D eigenvalue weighted by Crippen LogP contribution is -2.34. The van der Waals surface area contributed by atoms with Crippen LogP contribution >= 0.6 is 0 Å². The smallest absolute Gasteiger partial charge is 0.184 e. The average Bonchev–Trinajstić information content (AvgIpc) is 2.52. The van der Waals surface area contributed by atoms with Crippen molar-refractivity contribution < 1.29 is 24.4 Å². The zero-order valence-corrected chi connectivity index (χ0v) is 6.71. The zero-order chi connectivity index (χ0) is 8.72. The molecule has 0 spiro atoms. The third kappa shape index (κ3) is 1.06. The molecule has 2 N–H and O–H groups in total. The van der Waals surface area contributed by atoms with Gasteiger partial charge in [-0.1, -0.05) is 0 Å². The van der Waals surface area contributed by atoms with Crippen LogP contribution in [0, 0.1) is 0 Å². The molecule has 2 rings (SSSR count). The molecule has 2 aliphatic rings. The second-order valence-electron chi connectivity index (χ2n) is 3.06. The molecule has 2 aliphatic heterocycles. The van der Waals surface area contributed by atoms with E-state index in [-0.39, 0.29) is 12.7 Å². The van der Waals surface area contributed by atoms with Gasteiger partial charge in [-0.2, -0.15) is 0 Å². The molecule has 0 bridgehead atoms. The molecule has 0 aromatic rings. The topological polar surface area (TPSA) is 68.2 Å². The Morgan fingerprint density at radius 2 is 2.08 bits per heavy atom. The van der Waals surface area contributed by atoms with E-state index in [2.05, 4.69) is 0 Å². The van der Waals surface area contributed by atoms with E-state index in [0.29, 0.717) is 0 Å². The molecule has 5 heteroatoms. The minimum Gasteiger partial charge on any atom is -0.388 e. The summed E-state index contributed by atoms with van der Waals surface area (Å²) in [4.78, 5) is 0. The molecule has 5 nitrogen and oxygen atoms in total. The van der Waals surface area contributed by atoms with E-state index < -0.39 is 24.6 Å². The Balaban J connectivity index is 2.10. The molecule has 0 aliphatic carbocycles. The molecule has 12 heavy (non-hydrogen) atoms. The van der Waals surface area contributed by atoms with Crippen molar-refractivity contribution in [3.63, 3.8) is 0 Å². The van der Waals surface area contributed by atoms with Gasteiger partial charge in [0.05, 0.1) is 6.61 Å². The van der Waals surface area contributed by atoms with Crippen molar-refractivity contribution in [3.05, 3.63) is 0 Å². The number of aliphatic hydroxyl groups excluding tert-OH is 2. The minimum absolute atomic E-state index is 0.252. The maximum atomic E-state index is 9.31. The Morgan fingerprint density at radius 1 is 1.33 bits per heavy atom. The number of methoxy groups -OCH3 is 1. The summed E-state index contributed by atoms with van der Waals surface area (Å²) in [6, 6.07) is 0. The summed E-state index contributed by atoms with van der Waals surface area (Å²) >= 11 is 0. The standard InChI is InChI=1S/C7H12O5/c1-10-6-5-4(12-7(6)9)3(8)2-11-5/h3-9H,2H2,1H3/t3-,4-,5+,6-,7?/m1/s1. The molecule has 2 fully saturated rings. The predicted molar refractivity (Wildman–Crippen MR) is 37.4 cm³/mol. The van der Waals surface area contributed by atoms with E-state index in [9.17, 15) is 10.2 Å². The van der Waals surface area contributed by atoms with Crippen LogP contribution in [0.5, 0.6) is 0 Å². The average molecular weight is 176 g/mol. The predicted octanol–water partition coefficient (Wildman–Crippen LogP) is -1.52. The van der Waals surface area contributed by atoms with Crippen LogP contribution in [0.3, 0.4) is 0 Å². The van der Waals surface area contributed by atoms with Crippen molar-refractivity contribution in [2.45, 2.75) is 30.7 Å². The largest absolute Gasteiger partial charge is 0.388 e. The summed E-state index contributed by atoms with van der Waals surface area (Å²) in [5, 5.41) is 18.6. The number of rotatable bonds is 1. The lowest BCUT2D eigenvalue weighted by Gasteiger charge is -2.15. The lowest BCUT2D eigenvalue weighted by atomic mass is 10.1. The Morgan fingerprint density at radius 3 is 2.75 bits per heavy atom. The maximum absolute atomic E-state index is 9.31.